The van der Waals surface area contributed by atoms with Gasteiger partial charge < -0.3 is 15.2 Å². The molecule has 0 saturated heterocycles. The molecule has 2 atom stereocenters. The zero-order valence-corrected chi connectivity index (χ0v) is 11.1. The molecule has 0 saturated carbocycles. The lowest BCUT2D eigenvalue weighted by molar-refractivity contribution is 0.164. The molecule has 0 spiro atoms. The third-order valence-electron chi connectivity index (χ3n) is 2.75. The summed E-state index contributed by atoms with van der Waals surface area (Å²) in [4.78, 5) is 0. The number of hydrogen-bond acceptors (Lipinski definition) is 3. The molecule has 0 aliphatic rings. The van der Waals surface area contributed by atoms with Crippen LogP contribution in [-0.4, -0.2) is 26.4 Å². The predicted molar refractivity (Wildman–Crippen MR) is 70.6 cm³/mol. The number of rotatable bonds is 7. The highest BCUT2D eigenvalue weighted by Crippen LogP contribution is 2.18. The first kappa shape index (κ1) is 14.3. The molecule has 0 aromatic heterocycles. The Hall–Kier alpha value is -0.770. The van der Waals surface area contributed by atoms with E-state index in [1.165, 1.54) is 0 Å². The van der Waals surface area contributed by atoms with Crippen LogP contribution < -0.4 is 10.5 Å². The van der Waals surface area contributed by atoms with E-state index in [0.29, 0.717) is 17.5 Å². The summed E-state index contributed by atoms with van der Waals surface area (Å²) >= 11 is 5.86. The molecular weight excluding hydrogens is 238 g/mol. The Morgan fingerprint density at radius 3 is 2.82 bits per heavy atom. The molecule has 1 aromatic rings. The summed E-state index contributed by atoms with van der Waals surface area (Å²) in [7, 11) is 1.70. The van der Waals surface area contributed by atoms with Gasteiger partial charge in [0.25, 0.3) is 0 Å². The van der Waals surface area contributed by atoms with Crippen LogP contribution in [0, 0.1) is 5.92 Å². The van der Waals surface area contributed by atoms with Crippen molar-refractivity contribution in [2.45, 2.75) is 19.4 Å². The fourth-order valence-electron chi connectivity index (χ4n) is 1.43. The molecule has 96 valence electrons. The van der Waals surface area contributed by atoms with Crippen LogP contribution in [0.1, 0.15) is 13.3 Å². The highest BCUT2D eigenvalue weighted by Gasteiger charge is 2.13. The molecule has 2 N–H and O–H groups in total. The lowest BCUT2D eigenvalue weighted by atomic mass is 10.0. The van der Waals surface area contributed by atoms with Crippen LogP contribution in [0.4, 0.5) is 0 Å². The van der Waals surface area contributed by atoms with Crippen molar-refractivity contribution in [1.82, 2.24) is 0 Å². The van der Waals surface area contributed by atoms with Crippen molar-refractivity contribution in [2.75, 3.05) is 20.3 Å². The number of halogens is 1. The summed E-state index contributed by atoms with van der Waals surface area (Å²) in [5.41, 5.74) is 6.03. The molecule has 0 radical (unpaired) electrons. The van der Waals surface area contributed by atoms with E-state index in [2.05, 4.69) is 6.92 Å². The van der Waals surface area contributed by atoms with Crippen molar-refractivity contribution in [3.8, 4) is 5.75 Å². The molecule has 1 rings (SSSR count). The molecule has 0 heterocycles. The molecule has 0 aliphatic carbocycles. The van der Waals surface area contributed by atoms with Gasteiger partial charge in [-0.05, 0) is 30.5 Å². The molecule has 17 heavy (non-hydrogen) atoms. The molecule has 1 aromatic carbocycles. The zero-order chi connectivity index (χ0) is 12.7. The van der Waals surface area contributed by atoms with Crippen LogP contribution in [0.15, 0.2) is 24.3 Å². The van der Waals surface area contributed by atoms with E-state index < -0.39 is 0 Å². The maximum absolute atomic E-state index is 6.03. The van der Waals surface area contributed by atoms with Crippen LogP contribution in [-0.2, 0) is 4.74 Å². The summed E-state index contributed by atoms with van der Waals surface area (Å²) in [6.07, 6.45) is 0.941. The minimum atomic E-state index is 0.00383. The van der Waals surface area contributed by atoms with Gasteiger partial charge in [0.2, 0.25) is 0 Å². The van der Waals surface area contributed by atoms with Gasteiger partial charge in [-0.2, -0.15) is 0 Å². The highest BCUT2D eigenvalue weighted by atomic mass is 35.5. The molecule has 0 bridgehead atoms. The van der Waals surface area contributed by atoms with Crippen molar-refractivity contribution in [1.29, 1.82) is 0 Å². The minimum absolute atomic E-state index is 0.00383. The van der Waals surface area contributed by atoms with Crippen molar-refractivity contribution >= 4 is 11.6 Å². The molecule has 0 amide bonds. The quantitative estimate of drug-likeness (QED) is 0.817. The third kappa shape index (κ3) is 5.39. The Morgan fingerprint density at radius 2 is 2.18 bits per heavy atom. The fraction of sp³-hybridized carbons (Fsp3) is 0.538. The number of nitrogens with two attached hydrogens (primary N) is 1. The fourth-order valence-corrected chi connectivity index (χ4v) is 1.61. The summed E-state index contributed by atoms with van der Waals surface area (Å²) in [5, 5.41) is 0.670. The maximum Gasteiger partial charge on any atom is 0.120 e. The Bertz CT molecular complexity index is 333. The summed E-state index contributed by atoms with van der Waals surface area (Å²) < 4.78 is 10.6. The maximum atomic E-state index is 6.03. The number of benzene rings is 1. The highest BCUT2D eigenvalue weighted by molar-refractivity contribution is 6.30. The van der Waals surface area contributed by atoms with Crippen molar-refractivity contribution in [2.24, 2.45) is 11.7 Å². The van der Waals surface area contributed by atoms with Gasteiger partial charge in [-0.3, -0.25) is 0 Å². The van der Waals surface area contributed by atoms with Gasteiger partial charge in [0.1, 0.15) is 12.4 Å². The average molecular weight is 258 g/mol. The van der Waals surface area contributed by atoms with E-state index in [1.807, 2.05) is 18.2 Å². The SMILES string of the molecule is COCCC(C)C(N)COc1cccc(Cl)c1. The third-order valence-corrected chi connectivity index (χ3v) is 2.98. The van der Waals surface area contributed by atoms with Gasteiger partial charge in [-0.1, -0.05) is 24.6 Å². The summed E-state index contributed by atoms with van der Waals surface area (Å²) in [6, 6.07) is 7.34. The van der Waals surface area contributed by atoms with Gasteiger partial charge in [0.15, 0.2) is 0 Å². The largest absolute Gasteiger partial charge is 0.492 e. The van der Waals surface area contributed by atoms with Gasteiger partial charge in [-0.25, -0.2) is 0 Å². The molecule has 0 aliphatic heterocycles. The molecule has 4 heteroatoms. The van der Waals surface area contributed by atoms with Crippen molar-refractivity contribution < 1.29 is 9.47 Å². The predicted octanol–water partition coefficient (Wildman–Crippen LogP) is 2.72. The second kappa shape index (κ2) is 7.54. The van der Waals surface area contributed by atoms with Gasteiger partial charge in [-0.15, -0.1) is 0 Å². The van der Waals surface area contributed by atoms with E-state index >= 15 is 0 Å². The average Bonchev–Trinajstić information content (AvgIpc) is 2.33. The van der Waals surface area contributed by atoms with Gasteiger partial charge >= 0.3 is 0 Å². The first-order valence-electron chi connectivity index (χ1n) is 5.76. The lowest BCUT2D eigenvalue weighted by Crippen LogP contribution is -2.35. The molecule has 3 nitrogen and oxygen atoms in total. The standard InChI is InChI=1S/C13H20ClNO2/c1-10(6-7-16-2)13(15)9-17-12-5-3-4-11(14)8-12/h3-5,8,10,13H,6-7,9,15H2,1-2H3. The van der Waals surface area contributed by atoms with Crippen LogP contribution in [0.2, 0.25) is 5.02 Å². The molecule has 0 fully saturated rings. The van der Waals surface area contributed by atoms with Crippen LogP contribution in [0.5, 0.6) is 5.75 Å². The number of methoxy groups -OCH3 is 1. The van der Waals surface area contributed by atoms with Crippen molar-refractivity contribution in [3.63, 3.8) is 0 Å². The van der Waals surface area contributed by atoms with E-state index in [0.717, 1.165) is 18.8 Å². The number of ether oxygens (including phenoxy) is 2. The van der Waals surface area contributed by atoms with E-state index in [-0.39, 0.29) is 6.04 Å². The lowest BCUT2D eigenvalue weighted by Gasteiger charge is -2.20. The summed E-state index contributed by atoms with van der Waals surface area (Å²) in [6.45, 7) is 3.32. The van der Waals surface area contributed by atoms with Crippen LogP contribution >= 0.6 is 11.6 Å². The van der Waals surface area contributed by atoms with Crippen molar-refractivity contribution in [3.05, 3.63) is 29.3 Å². The normalized spacial score (nSPS) is 14.4. The van der Waals surface area contributed by atoms with Gasteiger partial charge in [0, 0.05) is 24.8 Å². The Morgan fingerprint density at radius 1 is 1.41 bits per heavy atom. The smallest absolute Gasteiger partial charge is 0.120 e. The molecule has 2 unspecified atom stereocenters. The first-order chi connectivity index (χ1) is 8.13. The monoisotopic (exact) mass is 257 g/mol. The van der Waals surface area contributed by atoms with Crippen LogP contribution in [0.3, 0.4) is 0 Å². The first-order valence-corrected chi connectivity index (χ1v) is 6.14. The zero-order valence-electron chi connectivity index (χ0n) is 10.4. The number of hydrogen-bond donors (Lipinski definition) is 1. The van der Waals surface area contributed by atoms with E-state index in [9.17, 15) is 0 Å². The van der Waals surface area contributed by atoms with E-state index in [1.54, 1.807) is 13.2 Å². The second-order valence-electron chi connectivity index (χ2n) is 4.19. The Balaban J connectivity index is 2.34. The van der Waals surface area contributed by atoms with E-state index in [4.69, 9.17) is 26.8 Å². The second-order valence-corrected chi connectivity index (χ2v) is 4.63. The summed E-state index contributed by atoms with van der Waals surface area (Å²) in [5.74, 6) is 1.13. The molecular formula is C13H20ClNO2. The minimum Gasteiger partial charge on any atom is -0.492 e. The topological polar surface area (TPSA) is 44.5 Å². The Kier molecular flexibility index (Phi) is 6.34. The Labute approximate surface area is 108 Å². The van der Waals surface area contributed by atoms with Crippen LogP contribution in [0.25, 0.3) is 0 Å². The van der Waals surface area contributed by atoms with Gasteiger partial charge in [0.05, 0.1) is 0 Å².